The lowest BCUT2D eigenvalue weighted by atomic mass is 10.1. The third-order valence-corrected chi connectivity index (χ3v) is 4.31. The number of carbonyl (C=O) groups is 2. The van der Waals surface area contributed by atoms with Crippen LogP contribution in [0.2, 0.25) is 10.0 Å². The van der Waals surface area contributed by atoms with Crippen molar-refractivity contribution in [1.82, 2.24) is 0 Å². The van der Waals surface area contributed by atoms with Crippen molar-refractivity contribution in [3.05, 3.63) is 58.6 Å². The maximum atomic E-state index is 12.4. The summed E-state index contributed by atoms with van der Waals surface area (Å²) in [6.07, 6.45) is 0.179. The largest absolute Gasteiger partial charge is 0.324 e. The lowest BCUT2D eigenvalue weighted by Crippen LogP contribution is -2.28. The van der Waals surface area contributed by atoms with Gasteiger partial charge in [0.05, 0.1) is 16.6 Å². The molecule has 0 unspecified atom stereocenters. The highest BCUT2D eigenvalue weighted by Crippen LogP contribution is 2.29. The first-order valence-electron chi connectivity index (χ1n) is 7.16. The van der Waals surface area contributed by atoms with E-state index in [0.717, 1.165) is 5.69 Å². The fourth-order valence-corrected chi connectivity index (χ4v) is 2.91. The van der Waals surface area contributed by atoms with Crippen LogP contribution in [0.15, 0.2) is 48.5 Å². The predicted molar refractivity (Wildman–Crippen MR) is 92.0 cm³/mol. The monoisotopic (exact) mass is 348 g/mol. The maximum absolute atomic E-state index is 12.4. The van der Waals surface area contributed by atoms with Crippen LogP contribution in [-0.2, 0) is 9.59 Å². The van der Waals surface area contributed by atoms with Gasteiger partial charge in [-0.3, -0.25) is 9.59 Å². The molecule has 4 nitrogen and oxygen atoms in total. The zero-order valence-corrected chi connectivity index (χ0v) is 13.6. The molecule has 2 aromatic carbocycles. The highest BCUT2D eigenvalue weighted by atomic mass is 35.5. The zero-order chi connectivity index (χ0) is 16.4. The summed E-state index contributed by atoms with van der Waals surface area (Å²) >= 11 is 12.0. The molecule has 0 aliphatic carbocycles. The Morgan fingerprint density at radius 1 is 1.13 bits per heavy atom. The van der Waals surface area contributed by atoms with Gasteiger partial charge in [0.15, 0.2) is 0 Å². The fourth-order valence-electron chi connectivity index (χ4n) is 2.57. The van der Waals surface area contributed by atoms with Crippen LogP contribution in [0, 0.1) is 5.92 Å². The van der Waals surface area contributed by atoms with Gasteiger partial charge in [0.25, 0.3) is 0 Å². The first kappa shape index (κ1) is 15.8. The minimum Gasteiger partial charge on any atom is -0.324 e. The van der Waals surface area contributed by atoms with E-state index in [1.165, 1.54) is 0 Å². The van der Waals surface area contributed by atoms with Gasteiger partial charge >= 0.3 is 0 Å². The molecule has 2 amide bonds. The summed E-state index contributed by atoms with van der Waals surface area (Å²) in [6.45, 7) is 0.354. The van der Waals surface area contributed by atoms with Crippen molar-refractivity contribution in [3.63, 3.8) is 0 Å². The molecule has 6 heteroatoms. The molecule has 3 rings (SSSR count). The Morgan fingerprint density at radius 3 is 2.61 bits per heavy atom. The molecule has 118 valence electrons. The second-order valence-electron chi connectivity index (χ2n) is 5.35. The highest BCUT2D eigenvalue weighted by molar-refractivity contribution is 6.35. The number of hydrogen-bond acceptors (Lipinski definition) is 2. The lowest BCUT2D eigenvalue weighted by Gasteiger charge is -2.16. The van der Waals surface area contributed by atoms with Gasteiger partial charge in [0.1, 0.15) is 0 Å². The summed E-state index contributed by atoms with van der Waals surface area (Å²) in [6, 6.07) is 14.2. The third kappa shape index (κ3) is 3.49. The van der Waals surface area contributed by atoms with E-state index in [4.69, 9.17) is 23.2 Å². The Bertz CT molecular complexity index is 750. The topological polar surface area (TPSA) is 49.4 Å². The van der Waals surface area contributed by atoms with Crippen LogP contribution in [-0.4, -0.2) is 18.4 Å². The molecule has 1 atom stereocenters. The molecular formula is C17H14Cl2N2O2. The lowest BCUT2D eigenvalue weighted by molar-refractivity contribution is -0.122. The number of anilines is 2. The van der Waals surface area contributed by atoms with Gasteiger partial charge in [-0.25, -0.2) is 0 Å². The molecule has 1 aliphatic rings. The van der Waals surface area contributed by atoms with Gasteiger partial charge in [-0.2, -0.15) is 0 Å². The minimum atomic E-state index is -0.419. The first-order valence-corrected chi connectivity index (χ1v) is 7.91. The quantitative estimate of drug-likeness (QED) is 0.911. The van der Waals surface area contributed by atoms with Crippen molar-refractivity contribution in [2.24, 2.45) is 5.92 Å². The molecule has 1 N–H and O–H groups in total. The first-order chi connectivity index (χ1) is 11.0. The normalized spacial score (nSPS) is 17.4. The molecule has 0 bridgehead atoms. The van der Waals surface area contributed by atoms with Crippen LogP contribution in [0.1, 0.15) is 6.42 Å². The number of halogens is 2. The van der Waals surface area contributed by atoms with E-state index >= 15 is 0 Å². The number of benzene rings is 2. The third-order valence-electron chi connectivity index (χ3n) is 3.75. The van der Waals surface area contributed by atoms with Crippen LogP contribution in [0.5, 0.6) is 0 Å². The Morgan fingerprint density at radius 2 is 1.87 bits per heavy atom. The van der Waals surface area contributed by atoms with Crippen LogP contribution in [0.3, 0.4) is 0 Å². The Labute approximate surface area is 144 Å². The average molecular weight is 349 g/mol. The van der Waals surface area contributed by atoms with E-state index in [2.05, 4.69) is 5.32 Å². The highest BCUT2D eigenvalue weighted by Gasteiger charge is 2.35. The summed E-state index contributed by atoms with van der Waals surface area (Å²) in [7, 11) is 0. The molecule has 1 saturated heterocycles. The van der Waals surface area contributed by atoms with Crippen molar-refractivity contribution in [2.75, 3.05) is 16.8 Å². The zero-order valence-electron chi connectivity index (χ0n) is 12.1. The number of para-hydroxylation sites is 1. The molecule has 23 heavy (non-hydrogen) atoms. The van der Waals surface area contributed by atoms with Crippen LogP contribution < -0.4 is 10.2 Å². The van der Waals surface area contributed by atoms with Crippen molar-refractivity contribution >= 4 is 46.4 Å². The molecule has 0 aromatic heterocycles. The summed E-state index contributed by atoms with van der Waals surface area (Å²) in [5.74, 6) is -0.716. The summed E-state index contributed by atoms with van der Waals surface area (Å²) < 4.78 is 0. The Hall–Kier alpha value is -2.04. The van der Waals surface area contributed by atoms with E-state index in [1.807, 2.05) is 30.3 Å². The molecule has 0 radical (unpaired) electrons. The van der Waals surface area contributed by atoms with Gasteiger partial charge in [0.2, 0.25) is 11.8 Å². The van der Waals surface area contributed by atoms with Gasteiger partial charge in [0, 0.05) is 23.7 Å². The molecule has 0 saturated carbocycles. The predicted octanol–water partition coefficient (Wildman–Crippen LogP) is 3.99. The smallest absolute Gasteiger partial charge is 0.229 e. The molecule has 1 aliphatic heterocycles. The number of nitrogens with zero attached hydrogens (tertiary/aromatic N) is 1. The molecule has 1 fully saturated rings. The van der Waals surface area contributed by atoms with E-state index < -0.39 is 5.92 Å². The van der Waals surface area contributed by atoms with Crippen molar-refractivity contribution in [3.8, 4) is 0 Å². The number of hydrogen-bond donors (Lipinski definition) is 1. The van der Waals surface area contributed by atoms with E-state index in [-0.39, 0.29) is 18.2 Å². The summed E-state index contributed by atoms with van der Waals surface area (Å²) in [5.41, 5.74) is 1.25. The second-order valence-corrected chi connectivity index (χ2v) is 6.20. The number of carbonyl (C=O) groups excluding carboxylic acids is 2. The fraction of sp³-hybridized carbons (Fsp3) is 0.176. The van der Waals surface area contributed by atoms with E-state index in [0.29, 0.717) is 22.3 Å². The standard InChI is InChI=1S/C17H14Cl2N2O2/c18-12-6-7-14(19)15(9-12)20-17(23)11-8-16(22)21(10-11)13-4-2-1-3-5-13/h1-7,9,11H,8,10H2,(H,20,23)/t11-/m0/s1. The van der Waals surface area contributed by atoms with Gasteiger partial charge < -0.3 is 10.2 Å². The number of amides is 2. The Balaban J connectivity index is 1.72. The molecule has 2 aromatic rings. The molecule has 1 heterocycles. The van der Waals surface area contributed by atoms with E-state index in [1.54, 1.807) is 23.1 Å². The van der Waals surface area contributed by atoms with E-state index in [9.17, 15) is 9.59 Å². The maximum Gasteiger partial charge on any atom is 0.229 e. The van der Waals surface area contributed by atoms with Crippen molar-refractivity contribution in [1.29, 1.82) is 0 Å². The number of nitrogens with one attached hydrogen (secondary N) is 1. The van der Waals surface area contributed by atoms with Crippen LogP contribution in [0.4, 0.5) is 11.4 Å². The minimum absolute atomic E-state index is 0.0615. The Kier molecular flexibility index (Phi) is 4.55. The average Bonchev–Trinajstić information content (AvgIpc) is 2.94. The van der Waals surface area contributed by atoms with Gasteiger partial charge in [-0.15, -0.1) is 0 Å². The molecular weight excluding hydrogens is 335 g/mol. The summed E-state index contributed by atoms with van der Waals surface area (Å²) in [5, 5.41) is 3.64. The summed E-state index contributed by atoms with van der Waals surface area (Å²) in [4.78, 5) is 26.2. The van der Waals surface area contributed by atoms with Crippen molar-refractivity contribution < 1.29 is 9.59 Å². The molecule has 0 spiro atoms. The van der Waals surface area contributed by atoms with Crippen LogP contribution in [0.25, 0.3) is 0 Å². The van der Waals surface area contributed by atoms with Crippen molar-refractivity contribution in [2.45, 2.75) is 6.42 Å². The SMILES string of the molecule is O=C(Nc1cc(Cl)ccc1Cl)[C@H]1CC(=O)N(c2ccccc2)C1. The van der Waals surface area contributed by atoms with Crippen LogP contribution >= 0.6 is 23.2 Å². The van der Waals surface area contributed by atoms with Gasteiger partial charge in [-0.05, 0) is 30.3 Å². The second kappa shape index (κ2) is 6.60. The van der Waals surface area contributed by atoms with Gasteiger partial charge in [-0.1, -0.05) is 41.4 Å². The number of rotatable bonds is 3.